The van der Waals surface area contributed by atoms with Crippen LogP contribution in [-0.4, -0.2) is 35.5 Å². The van der Waals surface area contributed by atoms with Crippen LogP contribution in [0, 0.1) is 6.92 Å². The minimum absolute atomic E-state index is 0.127. The summed E-state index contributed by atoms with van der Waals surface area (Å²) in [7, 11) is 0. The number of rotatable bonds is 4. The molecular formula is C21H22N2O3. The molecule has 5 nitrogen and oxygen atoms in total. The smallest absolute Gasteiger partial charge is 0.256 e. The molecule has 1 aliphatic heterocycles. The molecule has 1 amide bonds. The third-order valence-corrected chi connectivity index (χ3v) is 4.87. The second-order valence-corrected chi connectivity index (χ2v) is 6.65. The Morgan fingerprint density at radius 1 is 1.12 bits per heavy atom. The maximum Gasteiger partial charge on any atom is 0.256 e. The normalized spacial score (nSPS) is 17.0. The molecule has 26 heavy (non-hydrogen) atoms. The van der Waals surface area contributed by atoms with Crippen molar-refractivity contribution in [1.82, 2.24) is 4.90 Å². The van der Waals surface area contributed by atoms with Gasteiger partial charge in [0.2, 0.25) is 0 Å². The molecule has 2 N–H and O–H groups in total. The zero-order valence-corrected chi connectivity index (χ0v) is 14.8. The van der Waals surface area contributed by atoms with E-state index in [2.05, 4.69) is 0 Å². The van der Waals surface area contributed by atoms with Gasteiger partial charge in [0.05, 0.1) is 11.6 Å². The summed E-state index contributed by atoms with van der Waals surface area (Å²) in [6.45, 7) is 2.34. The number of nitrogens with two attached hydrogens (primary N) is 1. The average Bonchev–Trinajstić information content (AvgIpc) is 2.69. The van der Waals surface area contributed by atoms with E-state index in [1.54, 1.807) is 48.2 Å². The highest BCUT2D eigenvalue weighted by atomic mass is 16.2. The van der Waals surface area contributed by atoms with Crippen LogP contribution in [0.4, 0.5) is 5.69 Å². The molecule has 0 bridgehead atoms. The van der Waals surface area contributed by atoms with Crippen molar-refractivity contribution < 1.29 is 14.4 Å². The molecule has 2 aromatic carbocycles. The van der Waals surface area contributed by atoms with E-state index in [1.165, 1.54) is 0 Å². The number of carbonyl (C=O) groups excluding carboxylic acids is 3. The number of benzene rings is 2. The van der Waals surface area contributed by atoms with E-state index < -0.39 is 6.04 Å². The first-order valence-electron chi connectivity index (χ1n) is 8.79. The molecule has 1 heterocycles. The van der Waals surface area contributed by atoms with Gasteiger partial charge in [-0.15, -0.1) is 0 Å². The number of piperidine rings is 1. The summed E-state index contributed by atoms with van der Waals surface area (Å²) < 4.78 is 0. The van der Waals surface area contributed by atoms with E-state index >= 15 is 0 Å². The lowest BCUT2D eigenvalue weighted by Crippen LogP contribution is -2.44. The first-order valence-corrected chi connectivity index (χ1v) is 8.79. The lowest BCUT2D eigenvalue weighted by atomic mass is 9.95. The van der Waals surface area contributed by atoms with Gasteiger partial charge in [-0.3, -0.25) is 9.59 Å². The molecule has 0 aliphatic carbocycles. The molecule has 3 rings (SSSR count). The largest absolute Gasteiger partial charge is 0.398 e. The SMILES string of the molecule is Cc1cc(C(=O)N2CCCC[C@@H]2C=O)c(N)cc1C(=O)c1ccccc1. The van der Waals surface area contributed by atoms with Crippen LogP contribution in [0.15, 0.2) is 42.5 Å². The molecule has 1 aliphatic rings. The molecule has 1 saturated heterocycles. The Labute approximate surface area is 152 Å². The van der Waals surface area contributed by atoms with Crippen molar-refractivity contribution >= 4 is 23.7 Å². The van der Waals surface area contributed by atoms with Crippen LogP contribution in [0.3, 0.4) is 0 Å². The fourth-order valence-corrected chi connectivity index (χ4v) is 3.41. The fourth-order valence-electron chi connectivity index (χ4n) is 3.41. The maximum atomic E-state index is 12.9. The van der Waals surface area contributed by atoms with Crippen molar-refractivity contribution in [3.63, 3.8) is 0 Å². The number of hydrogen-bond acceptors (Lipinski definition) is 4. The molecule has 1 atom stereocenters. The van der Waals surface area contributed by atoms with Crippen LogP contribution in [0.2, 0.25) is 0 Å². The summed E-state index contributed by atoms with van der Waals surface area (Å²) in [5.41, 5.74) is 8.47. The van der Waals surface area contributed by atoms with Crippen LogP contribution in [0.25, 0.3) is 0 Å². The number of carbonyl (C=O) groups is 3. The summed E-state index contributed by atoms with van der Waals surface area (Å²) in [6, 6.07) is 11.8. The van der Waals surface area contributed by atoms with E-state index in [1.807, 2.05) is 6.07 Å². The molecule has 134 valence electrons. The molecule has 0 saturated carbocycles. The Morgan fingerprint density at radius 2 is 1.85 bits per heavy atom. The summed E-state index contributed by atoms with van der Waals surface area (Å²) in [6.07, 6.45) is 3.32. The third-order valence-electron chi connectivity index (χ3n) is 4.87. The van der Waals surface area contributed by atoms with Gasteiger partial charge < -0.3 is 15.4 Å². The predicted molar refractivity (Wildman–Crippen MR) is 100 cm³/mol. The first-order chi connectivity index (χ1) is 12.5. The minimum atomic E-state index is -0.401. The Hall–Kier alpha value is -2.95. The van der Waals surface area contributed by atoms with E-state index in [0.29, 0.717) is 35.2 Å². The van der Waals surface area contributed by atoms with Crippen molar-refractivity contribution in [2.45, 2.75) is 32.2 Å². The van der Waals surface area contributed by atoms with Gasteiger partial charge in [0, 0.05) is 23.4 Å². The molecule has 1 fully saturated rings. The summed E-state index contributed by atoms with van der Waals surface area (Å²) >= 11 is 0. The minimum Gasteiger partial charge on any atom is -0.398 e. The number of anilines is 1. The molecule has 0 aromatic heterocycles. The van der Waals surface area contributed by atoms with Crippen molar-refractivity contribution in [3.8, 4) is 0 Å². The van der Waals surface area contributed by atoms with E-state index in [9.17, 15) is 14.4 Å². The number of ketones is 1. The van der Waals surface area contributed by atoms with Crippen molar-refractivity contribution in [2.24, 2.45) is 0 Å². The third kappa shape index (κ3) is 3.38. The van der Waals surface area contributed by atoms with Crippen LogP contribution < -0.4 is 5.73 Å². The van der Waals surface area contributed by atoms with Crippen molar-refractivity contribution in [1.29, 1.82) is 0 Å². The van der Waals surface area contributed by atoms with Gasteiger partial charge in [-0.2, -0.15) is 0 Å². The zero-order valence-electron chi connectivity index (χ0n) is 14.8. The van der Waals surface area contributed by atoms with E-state index in [4.69, 9.17) is 5.73 Å². The summed E-state index contributed by atoms with van der Waals surface area (Å²) in [4.78, 5) is 38.5. The van der Waals surface area contributed by atoms with E-state index in [0.717, 1.165) is 19.1 Å². The summed E-state index contributed by atoms with van der Waals surface area (Å²) in [5.74, 6) is -0.376. The second kappa shape index (κ2) is 7.52. The number of nitrogen functional groups attached to an aromatic ring is 1. The van der Waals surface area contributed by atoms with Crippen LogP contribution in [-0.2, 0) is 4.79 Å². The molecule has 0 spiro atoms. The highest BCUT2D eigenvalue weighted by Crippen LogP contribution is 2.25. The van der Waals surface area contributed by atoms with Crippen LogP contribution >= 0.6 is 0 Å². The van der Waals surface area contributed by atoms with Crippen LogP contribution in [0.5, 0.6) is 0 Å². The average molecular weight is 350 g/mol. The maximum absolute atomic E-state index is 12.9. The molecular weight excluding hydrogens is 328 g/mol. The Bertz CT molecular complexity index is 846. The number of amides is 1. The van der Waals surface area contributed by atoms with Gasteiger partial charge >= 0.3 is 0 Å². The van der Waals surface area contributed by atoms with Gasteiger partial charge in [-0.05, 0) is 43.9 Å². The van der Waals surface area contributed by atoms with Gasteiger partial charge in [0.25, 0.3) is 5.91 Å². The molecule has 0 radical (unpaired) electrons. The Kier molecular flexibility index (Phi) is 5.16. The number of hydrogen-bond donors (Lipinski definition) is 1. The molecule has 2 aromatic rings. The fraction of sp³-hybridized carbons (Fsp3) is 0.286. The second-order valence-electron chi connectivity index (χ2n) is 6.65. The van der Waals surface area contributed by atoms with Gasteiger partial charge in [0.15, 0.2) is 5.78 Å². The quantitative estimate of drug-likeness (QED) is 0.522. The van der Waals surface area contributed by atoms with E-state index in [-0.39, 0.29) is 17.4 Å². The molecule has 5 heteroatoms. The predicted octanol–water partition coefficient (Wildman–Crippen LogP) is 3.00. The van der Waals surface area contributed by atoms with Crippen molar-refractivity contribution in [3.05, 3.63) is 64.7 Å². The van der Waals surface area contributed by atoms with Crippen molar-refractivity contribution in [2.75, 3.05) is 12.3 Å². The highest BCUT2D eigenvalue weighted by Gasteiger charge is 2.28. The van der Waals surface area contributed by atoms with Gasteiger partial charge in [-0.25, -0.2) is 0 Å². The number of aryl methyl sites for hydroxylation is 1. The monoisotopic (exact) mass is 350 g/mol. The first kappa shape index (κ1) is 17.9. The summed E-state index contributed by atoms with van der Waals surface area (Å²) in [5, 5.41) is 0. The Morgan fingerprint density at radius 3 is 2.54 bits per heavy atom. The Balaban J connectivity index is 1.93. The number of aldehydes is 1. The molecule has 0 unspecified atom stereocenters. The van der Waals surface area contributed by atoms with Gasteiger partial charge in [0.1, 0.15) is 6.29 Å². The standard InChI is InChI=1S/C21H22N2O3/c1-14-11-18(21(26)23-10-6-5-9-16(23)13-24)19(22)12-17(14)20(25)15-7-3-2-4-8-15/h2-4,7-8,11-13,16H,5-6,9-10,22H2,1H3/t16-/m1/s1. The van der Waals surface area contributed by atoms with Crippen LogP contribution in [0.1, 0.15) is 51.1 Å². The highest BCUT2D eigenvalue weighted by molar-refractivity contribution is 6.11. The lowest BCUT2D eigenvalue weighted by molar-refractivity contribution is -0.112. The topological polar surface area (TPSA) is 80.5 Å². The van der Waals surface area contributed by atoms with Gasteiger partial charge in [-0.1, -0.05) is 30.3 Å². The number of nitrogens with zero attached hydrogens (tertiary/aromatic N) is 1. The number of likely N-dealkylation sites (tertiary alicyclic amines) is 1. The zero-order chi connectivity index (χ0) is 18.7. The lowest BCUT2D eigenvalue weighted by Gasteiger charge is -2.32.